The van der Waals surface area contributed by atoms with Gasteiger partial charge in [-0.15, -0.1) is 0 Å². The minimum absolute atomic E-state index is 0.103. The van der Waals surface area contributed by atoms with Gasteiger partial charge in [-0.05, 0) is 43.2 Å². The first-order valence-corrected chi connectivity index (χ1v) is 8.63. The highest BCUT2D eigenvalue weighted by Gasteiger charge is 2.13. The van der Waals surface area contributed by atoms with Crippen LogP contribution in [-0.2, 0) is 16.6 Å². The topological polar surface area (TPSA) is 69.4 Å². The van der Waals surface area contributed by atoms with Crippen LogP contribution in [0.3, 0.4) is 0 Å². The number of nitrogens with two attached hydrogens (primary N) is 1. The lowest BCUT2D eigenvalue weighted by Gasteiger charge is -2.14. The summed E-state index contributed by atoms with van der Waals surface area (Å²) in [5.41, 5.74) is 2.50. The molecule has 2 aromatic rings. The molecule has 0 aromatic heterocycles. The van der Waals surface area contributed by atoms with Crippen molar-refractivity contribution in [2.45, 2.75) is 25.3 Å². The SMILES string of the molecule is Cc1cc(S(N)(=O)=O)cc(C)c1OCc1ccccc1Br. The Morgan fingerprint density at radius 3 is 2.24 bits per heavy atom. The third-order valence-corrected chi connectivity index (χ3v) is 4.76. The third-order valence-electron chi connectivity index (χ3n) is 3.09. The van der Waals surface area contributed by atoms with E-state index in [-0.39, 0.29) is 4.90 Å². The number of hydrogen-bond donors (Lipinski definition) is 1. The van der Waals surface area contributed by atoms with Crippen molar-refractivity contribution in [1.29, 1.82) is 0 Å². The highest BCUT2D eigenvalue weighted by molar-refractivity contribution is 9.10. The van der Waals surface area contributed by atoms with Crippen molar-refractivity contribution in [3.05, 3.63) is 57.6 Å². The summed E-state index contributed by atoms with van der Waals surface area (Å²) in [7, 11) is -3.70. The van der Waals surface area contributed by atoms with Crippen molar-refractivity contribution in [2.24, 2.45) is 5.14 Å². The summed E-state index contributed by atoms with van der Waals surface area (Å²) in [6.07, 6.45) is 0. The molecule has 0 saturated heterocycles. The molecular weight excluding hydrogens is 354 g/mol. The summed E-state index contributed by atoms with van der Waals surface area (Å²) in [6.45, 7) is 4.01. The summed E-state index contributed by atoms with van der Waals surface area (Å²) >= 11 is 3.47. The number of benzene rings is 2. The number of primary sulfonamides is 1. The minimum atomic E-state index is -3.70. The van der Waals surface area contributed by atoms with Crippen molar-refractivity contribution in [1.82, 2.24) is 0 Å². The molecule has 0 aliphatic heterocycles. The highest BCUT2D eigenvalue weighted by atomic mass is 79.9. The van der Waals surface area contributed by atoms with Crippen LogP contribution in [0.1, 0.15) is 16.7 Å². The van der Waals surface area contributed by atoms with Crippen LogP contribution in [0.2, 0.25) is 0 Å². The Bertz CT molecular complexity index is 749. The van der Waals surface area contributed by atoms with Gasteiger partial charge in [-0.1, -0.05) is 34.1 Å². The zero-order chi connectivity index (χ0) is 15.6. The molecule has 0 bridgehead atoms. The van der Waals surface area contributed by atoms with Crippen LogP contribution >= 0.6 is 15.9 Å². The third kappa shape index (κ3) is 3.84. The lowest BCUT2D eigenvalue weighted by Crippen LogP contribution is -2.13. The molecule has 6 heteroatoms. The fourth-order valence-corrected chi connectivity index (χ4v) is 3.15. The Morgan fingerprint density at radius 1 is 1.14 bits per heavy atom. The number of halogens is 1. The summed E-state index contributed by atoms with van der Waals surface area (Å²) in [6, 6.07) is 10.8. The molecule has 0 heterocycles. The zero-order valence-electron chi connectivity index (χ0n) is 11.8. The Morgan fingerprint density at radius 2 is 1.71 bits per heavy atom. The zero-order valence-corrected chi connectivity index (χ0v) is 14.2. The van der Waals surface area contributed by atoms with Crippen LogP contribution in [0.15, 0.2) is 45.8 Å². The quantitative estimate of drug-likeness (QED) is 0.898. The predicted octanol–water partition coefficient (Wildman–Crippen LogP) is 3.29. The first-order chi connectivity index (χ1) is 9.79. The van der Waals surface area contributed by atoms with Gasteiger partial charge in [0, 0.05) is 10.0 Å². The van der Waals surface area contributed by atoms with Crippen LogP contribution in [0.25, 0.3) is 0 Å². The van der Waals surface area contributed by atoms with E-state index in [9.17, 15) is 8.42 Å². The standard InChI is InChI=1S/C15H16BrNO3S/c1-10-7-13(21(17,18)19)8-11(2)15(10)20-9-12-5-3-4-6-14(12)16/h3-8H,9H2,1-2H3,(H2,17,18,19). The van der Waals surface area contributed by atoms with Gasteiger partial charge in [0.2, 0.25) is 10.0 Å². The van der Waals surface area contributed by atoms with Gasteiger partial charge < -0.3 is 4.74 Å². The molecule has 2 rings (SSSR count). The molecule has 0 unspecified atom stereocenters. The van der Waals surface area contributed by atoms with E-state index in [4.69, 9.17) is 9.88 Å². The van der Waals surface area contributed by atoms with Gasteiger partial charge >= 0.3 is 0 Å². The Labute approximate surface area is 133 Å². The molecule has 2 aromatic carbocycles. The smallest absolute Gasteiger partial charge is 0.238 e. The normalized spacial score (nSPS) is 11.4. The van der Waals surface area contributed by atoms with Crippen molar-refractivity contribution in [3.63, 3.8) is 0 Å². The lowest BCUT2D eigenvalue weighted by molar-refractivity contribution is 0.301. The molecule has 0 radical (unpaired) electrons. The second-order valence-corrected chi connectivity index (χ2v) is 7.23. The maximum absolute atomic E-state index is 11.4. The molecule has 2 N–H and O–H groups in total. The fraction of sp³-hybridized carbons (Fsp3) is 0.200. The summed E-state index contributed by atoms with van der Waals surface area (Å²) in [4.78, 5) is 0.103. The molecule has 0 spiro atoms. The van der Waals surface area contributed by atoms with E-state index in [1.165, 1.54) is 12.1 Å². The van der Waals surface area contributed by atoms with Gasteiger partial charge in [0.15, 0.2) is 0 Å². The van der Waals surface area contributed by atoms with Gasteiger partial charge in [-0.2, -0.15) is 0 Å². The maximum Gasteiger partial charge on any atom is 0.238 e. The average Bonchev–Trinajstić information content (AvgIpc) is 2.38. The van der Waals surface area contributed by atoms with Crippen LogP contribution in [0, 0.1) is 13.8 Å². The minimum Gasteiger partial charge on any atom is -0.488 e. The second kappa shape index (κ2) is 6.17. The summed E-state index contributed by atoms with van der Waals surface area (Å²) in [5, 5.41) is 5.15. The molecule has 0 aliphatic carbocycles. The second-order valence-electron chi connectivity index (χ2n) is 4.81. The summed E-state index contributed by atoms with van der Waals surface area (Å²) in [5.74, 6) is 0.679. The van der Waals surface area contributed by atoms with E-state index >= 15 is 0 Å². The maximum atomic E-state index is 11.4. The van der Waals surface area contributed by atoms with E-state index in [1.807, 2.05) is 24.3 Å². The molecule has 4 nitrogen and oxygen atoms in total. The molecule has 0 aliphatic rings. The molecule has 0 atom stereocenters. The molecule has 0 fully saturated rings. The monoisotopic (exact) mass is 369 g/mol. The van der Waals surface area contributed by atoms with Crippen LogP contribution in [-0.4, -0.2) is 8.42 Å². The Kier molecular flexibility index (Phi) is 4.70. The number of ether oxygens (including phenoxy) is 1. The van der Waals surface area contributed by atoms with E-state index in [0.717, 1.165) is 21.2 Å². The number of rotatable bonds is 4. The van der Waals surface area contributed by atoms with Crippen LogP contribution < -0.4 is 9.88 Å². The highest BCUT2D eigenvalue weighted by Crippen LogP contribution is 2.28. The number of aryl methyl sites for hydroxylation is 2. The van der Waals surface area contributed by atoms with Gasteiger partial charge in [0.1, 0.15) is 12.4 Å². The van der Waals surface area contributed by atoms with E-state index in [2.05, 4.69) is 15.9 Å². The van der Waals surface area contributed by atoms with E-state index in [1.54, 1.807) is 13.8 Å². The Balaban J connectivity index is 2.28. The van der Waals surface area contributed by atoms with Crippen molar-refractivity contribution in [3.8, 4) is 5.75 Å². The van der Waals surface area contributed by atoms with Gasteiger partial charge in [0.25, 0.3) is 0 Å². The fourth-order valence-electron chi connectivity index (χ4n) is 2.07. The lowest BCUT2D eigenvalue weighted by atomic mass is 10.1. The van der Waals surface area contributed by atoms with Gasteiger partial charge in [-0.25, -0.2) is 13.6 Å². The predicted molar refractivity (Wildman–Crippen MR) is 85.8 cm³/mol. The molecule has 21 heavy (non-hydrogen) atoms. The first-order valence-electron chi connectivity index (χ1n) is 6.29. The molecule has 0 amide bonds. The van der Waals surface area contributed by atoms with Crippen molar-refractivity contribution < 1.29 is 13.2 Å². The largest absolute Gasteiger partial charge is 0.488 e. The van der Waals surface area contributed by atoms with Gasteiger partial charge in [-0.3, -0.25) is 0 Å². The number of sulfonamides is 1. The number of hydrogen-bond acceptors (Lipinski definition) is 3. The van der Waals surface area contributed by atoms with Gasteiger partial charge in [0.05, 0.1) is 4.90 Å². The average molecular weight is 370 g/mol. The van der Waals surface area contributed by atoms with E-state index < -0.39 is 10.0 Å². The molecular formula is C15H16BrNO3S. The van der Waals surface area contributed by atoms with Crippen LogP contribution in [0.5, 0.6) is 5.75 Å². The molecule has 0 saturated carbocycles. The molecule has 112 valence electrons. The first kappa shape index (κ1) is 16.0. The van der Waals surface area contributed by atoms with Crippen LogP contribution in [0.4, 0.5) is 0 Å². The Hall–Kier alpha value is -1.37. The van der Waals surface area contributed by atoms with E-state index in [0.29, 0.717) is 12.4 Å². The van der Waals surface area contributed by atoms with Crippen molar-refractivity contribution >= 4 is 26.0 Å². The summed E-state index contributed by atoms with van der Waals surface area (Å²) < 4.78 is 29.6. The van der Waals surface area contributed by atoms with Crippen molar-refractivity contribution in [2.75, 3.05) is 0 Å².